The Kier molecular flexibility index (Phi) is 4.62. The maximum atomic E-state index is 12.9. The third-order valence-electron chi connectivity index (χ3n) is 5.63. The van der Waals surface area contributed by atoms with Gasteiger partial charge in [-0.15, -0.1) is 0 Å². The van der Waals surface area contributed by atoms with E-state index >= 15 is 0 Å². The fourth-order valence-corrected chi connectivity index (χ4v) is 4.08. The quantitative estimate of drug-likeness (QED) is 0.768. The Balaban J connectivity index is 1.48. The Morgan fingerprint density at radius 2 is 1.86 bits per heavy atom. The molecule has 0 bridgehead atoms. The van der Waals surface area contributed by atoms with Crippen LogP contribution >= 0.6 is 0 Å². The number of fused-ring (bicyclic) bond motifs is 1. The van der Waals surface area contributed by atoms with Crippen LogP contribution in [-0.4, -0.2) is 45.4 Å². The van der Waals surface area contributed by atoms with Crippen molar-refractivity contribution < 1.29 is 14.4 Å². The predicted octanol–water partition coefficient (Wildman–Crippen LogP) is 0.862. The number of carbonyl (C=O) groups excluding carboxylic acids is 3. The third kappa shape index (κ3) is 3.15. The summed E-state index contributed by atoms with van der Waals surface area (Å²) in [6.45, 7) is 1.31. The van der Waals surface area contributed by atoms with Gasteiger partial charge in [-0.25, -0.2) is 9.78 Å². The number of aryl methyl sites for hydroxylation is 1. The second kappa shape index (κ2) is 7.10. The molecule has 4 amide bonds. The molecule has 0 unspecified atom stereocenters. The summed E-state index contributed by atoms with van der Waals surface area (Å²) in [5, 5.41) is 4.97. The van der Waals surface area contributed by atoms with E-state index in [-0.39, 0.29) is 18.7 Å². The van der Waals surface area contributed by atoms with Crippen molar-refractivity contribution in [2.45, 2.75) is 31.2 Å². The molecule has 2 N–H and O–H groups in total. The summed E-state index contributed by atoms with van der Waals surface area (Å²) in [6.07, 6.45) is 5.24. The van der Waals surface area contributed by atoms with Gasteiger partial charge in [-0.1, -0.05) is 24.3 Å². The highest BCUT2D eigenvalue weighted by atomic mass is 16.2. The van der Waals surface area contributed by atoms with Gasteiger partial charge in [0.2, 0.25) is 5.91 Å². The molecular formula is C20H23N5O3. The number of benzene rings is 1. The molecule has 4 rings (SSSR count). The average Bonchev–Trinajstić information content (AvgIpc) is 3.14. The lowest BCUT2D eigenvalue weighted by Gasteiger charge is -2.27. The van der Waals surface area contributed by atoms with Gasteiger partial charge in [0.25, 0.3) is 5.91 Å². The van der Waals surface area contributed by atoms with Crippen LogP contribution in [0.5, 0.6) is 0 Å². The highest BCUT2D eigenvalue weighted by Crippen LogP contribution is 2.29. The number of hydrogen-bond donors (Lipinski definition) is 2. The molecule has 0 saturated carbocycles. The molecule has 146 valence electrons. The van der Waals surface area contributed by atoms with Crippen molar-refractivity contribution in [3.8, 4) is 0 Å². The Bertz CT molecular complexity index is 910. The van der Waals surface area contributed by atoms with Crippen molar-refractivity contribution in [2.24, 2.45) is 7.05 Å². The monoisotopic (exact) mass is 381 g/mol. The number of hydrogen-bond acceptors (Lipinski definition) is 4. The second-order valence-electron chi connectivity index (χ2n) is 7.32. The topological polar surface area (TPSA) is 96.3 Å². The van der Waals surface area contributed by atoms with Crippen molar-refractivity contribution in [1.29, 1.82) is 0 Å². The Morgan fingerprint density at radius 3 is 2.39 bits per heavy atom. The number of nitrogens with one attached hydrogen (secondary N) is 2. The van der Waals surface area contributed by atoms with Crippen molar-refractivity contribution in [2.75, 3.05) is 13.1 Å². The van der Waals surface area contributed by atoms with Crippen LogP contribution in [0, 0.1) is 0 Å². The minimum absolute atomic E-state index is 0.0182. The van der Waals surface area contributed by atoms with Gasteiger partial charge in [-0.3, -0.25) is 14.9 Å². The van der Waals surface area contributed by atoms with Crippen LogP contribution < -0.4 is 10.6 Å². The number of imidazole rings is 1. The molecule has 3 heterocycles. The molecule has 8 nitrogen and oxygen atoms in total. The van der Waals surface area contributed by atoms with E-state index in [1.165, 1.54) is 11.1 Å². The van der Waals surface area contributed by atoms with Crippen LogP contribution in [0.15, 0.2) is 36.7 Å². The number of amides is 4. The molecule has 0 aliphatic carbocycles. The van der Waals surface area contributed by atoms with E-state index in [1.54, 1.807) is 24.0 Å². The van der Waals surface area contributed by atoms with Gasteiger partial charge in [0.1, 0.15) is 5.82 Å². The van der Waals surface area contributed by atoms with E-state index in [4.69, 9.17) is 0 Å². The van der Waals surface area contributed by atoms with Gasteiger partial charge in [0, 0.05) is 39.0 Å². The summed E-state index contributed by atoms with van der Waals surface area (Å²) < 4.78 is 1.69. The van der Waals surface area contributed by atoms with Gasteiger partial charge >= 0.3 is 6.03 Å². The lowest BCUT2D eigenvalue weighted by Crippen LogP contribution is -2.47. The molecule has 2 aliphatic rings. The first-order valence-corrected chi connectivity index (χ1v) is 9.45. The molecule has 1 aromatic carbocycles. The zero-order chi connectivity index (χ0) is 19.7. The van der Waals surface area contributed by atoms with Crippen molar-refractivity contribution in [1.82, 2.24) is 25.1 Å². The Hall–Kier alpha value is -3.16. The van der Waals surface area contributed by atoms with Crippen LogP contribution in [-0.2, 0) is 35.0 Å². The zero-order valence-corrected chi connectivity index (χ0v) is 15.8. The first-order valence-electron chi connectivity index (χ1n) is 9.45. The fraction of sp³-hybridized carbons (Fsp3) is 0.400. The molecule has 2 aromatic rings. The number of imide groups is 1. The SMILES string of the molecule is Cn1ccnc1[C@]1(CCC(=O)N2CCc3ccccc3CC2)NC(=O)NC1=O. The van der Waals surface area contributed by atoms with E-state index in [9.17, 15) is 14.4 Å². The van der Waals surface area contributed by atoms with Crippen LogP contribution in [0.4, 0.5) is 4.79 Å². The number of carbonyl (C=O) groups is 3. The average molecular weight is 381 g/mol. The molecule has 1 atom stereocenters. The third-order valence-corrected chi connectivity index (χ3v) is 5.63. The first kappa shape index (κ1) is 18.2. The number of urea groups is 1. The van der Waals surface area contributed by atoms with E-state index < -0.39 is 17.5 Å². The zero-order valence-electron chi connectivity index (χ0n) is 15.8. The molecular weight excluding hydrogens is 358 g/mol. The van der Waals surface area contributed by atoms with E-state index in [1.807, 2.05) is 17.0 Å². The van der Waals surface area contributed by atoms with E-state index in [0.717, 1.165) is 12.8 Å². The molecule has 0 radical (unpaired) electrons. The van der Waals surface area contributed by atoms with Crippen molar-refractivity contribution in [3.05, 3.63) is 53.6 Å². The van der Waals surface area contributed by atoms with Crippen LogP contribution in [0.25, 0.3) is 0 Å². The maximum absolute atomic E-state index is 12.9. The van der Waals surface area contributed by atoms with Gasteiger partial charge in [0.05, 0.1) is 0 Å². The number of aromatic nitrogens is 2. The summed E-state index contributed by atoms with van der Waals surface area (Å²) in [6, 6.07) is 7.70. The highest BCUT2D eigenvalue weighted by Gasteiger charge is 2.50. The van der Waals surface area contributed by atoms with Gasteiger partial charge in [-0.05, 0) is 30.4 Å². The largest absolute Gasteiger partial charge is 0.342 e. The minimum Gasteiger partial charge on any atom is -0.342 e. The van der Waals surface area contributed by atoms with E-state index in [2.05, 4.69) is 27.8 Å². The summed E-state index contributed by atoms with van der Waals surface area (Å²) in [7, 11) is 1.76. The van der Waals surface area contributed by atoms with Crippen LogP contribution in [0.1, 0.15) is 29.8 Å². The molecule has 28 heavy (non-hydrogen) atoms. The van der Waals surface area contributed by atoms with Crippen LogP contribution in [0.3, 0.4) is 0 Å². The normalized spacial score (nSPS) is 21.7. The number of rotatable bonds is 4. The first-order chi connectivity index (χ1) is 13.5. The minimum atomic E-state index is -1.32. The summed E-state index contributed by atoms with van der Waals surface area (Å²) in [5.74, 6) is -0.0647. The smallest absolute Gasteiger partial charge is 0.322 e. The van der Waals surface area contributed by atoms with E-state index in [0.29, 0.717) is 18.9 Å². The number of nitrogens with zero attached hydrogens (tertiary/aromatic N) is 3. The molecule has 1 saturated heterocycles. The van der Waals surface area contributed by atoms with Crippen LogP contribution in [0.2, 0.25) is 0 Å². The van der Waals surface area contributed by atoms with Gasteiger partial charge in [-0.2, -0.15) is 0 Å². The summed E-state index contributed by atoms with van der Waals surface area (Å²) in [4.78, 5) is 43.4. The Labute approximate surface area is 162 Å². The van der Waals surface area contributed by atoms with Gasteiger partial charge in [0.15, 0.2) is 5.54 Å². The van der Waals surface area contributed by atoms with Crippen molar-refractivity contribution >= 4 is 17.8 Å². The molecule has 1 aromatic heterocycles. The summed E-state index contributed by atoms with van der Waals surface area (Å²) >= 11 is 0. The van der Waals surface area contributed by atoms with Crippen molar-refractivity contribution in [3.63, 3.8) is 0 Å². The second-order valence-corrected chi connectivity index (χ2v) is 7.32. The highest BCUT2D eigenvalue weighted by molar-refractivity contribution is 6.07. The lowest BCUT2D eigenvalue weighted by atomic mass is 9.92. The molecule has 0 spiro atoms. The molecule has 2 aliphatic heterocycles. The molecule has 8 heteroatoms. The predicted molar refractivity (Wildman–Crippen MR) is 101 cm³/mol. The lowest BCUT2D eigenvalue weighted by molar-refractivity contribution is -0.132. The fourth-order valence-electron chi connectivity index (χ4n) is 4.08. The van der Waals surface area contributed by atoms with Gasteiger partial charge < -0.3 is 14.8 Å². The summed E-state index contributed by atoms with van der Waals surface area (Å²) in [5.41, 5.74) is 1.24. The maximum Gasteiger partial charge on any atom is 0.322 e. The Morgan fingerprint density at radius 1 is 1.18 bits per heavy atom. The standard InChI is InChI=1S/C20H23N5O3/c1-24-13-10-21-17(24)20(18(27)22-19(28)23-20)9-6-16(26)25-11-7-14-4-2-3-5-15(14)8-12-25/h2-5,10,13H,6-9,11-12H2,1H3,(H2,22,23,27,28)/t20-/m0/s1. The molecule has 1 fully saturated rings.